The number of methoxy groups -OCH3 is 1. The van der Waals surface area contributed by atoms with Gasteiger partial charge in [-0.2, -0.15) is 0 Å². The largest absolute Gasteiger partial charge is 0.486 e. The molecular weight excluding hydrogens is 350 g/mol. The quantitative estimate of drug-likeness (QED) is 0.757. The summed E-state index contributed by atoms with van der Waals surface area (Å²) >= 11 is 0. The van der Waals surface area contributed by atoms with Crippen LogP contribution in [-0.4, -0.2) is 53.5 Å². The lowest BCUT2D eigenvalue weighted by Crippen LogP contribution is -2.52. The molecule has 2 aliphatic rings. The number of nitrogens with zero attached hydrogens (tertiary/aromatic N) is 1. The van der Waals surface area contributed by atoms with Crippen LogP contribution in [0, 0.1) is 0 Å². The van der Waals surface area contributed by atoms with Crippen LogP contribution in [0.25, 0.3) is 0 Å². The van der Waals surface area contributed by atoms with Crippen molar-refractivity contribution in [1.29, 1.82) is 0 Å². The molecule has 3 rings (SSSR count). The summed E-state index contributed by atoms with van der Waals surface area (Å²) < 4.78 is 16.5. The Hall–Kier alpha value is -2.28. The van der Waals surface area contributed by atoms with Crippen molar-refractivity contribution in [2.75, 3.05) is 20.2 Å². The summed E-state index contributed by atoms with van der Waals surface area (Å²) in [5, 5.41) is 10.6. The molecular formula is C20H27NO6. The SMILES string of the molecule is COC(=O)c1cccc2c1OC1(CCN(C(=O)OC(C)(C)C)CC1)CC2O. The van der Waals surface area contributed by atoms with Crippen LogP contribution in [0.15, 0.2) is 18.2 Å². The number of benzene rings is 1. The number of likely N-dealkylation sites (tertiary alicyclic amines) is 1. The number of carbonyl (C=O) groups is 2. The van der Waals surface area contributed by atoms with Gasteiger partial charge >= 0.3 is 12.1 Å². The molecule has 0 radical (unpaired) electrons. The molecule has 27 heavy (non-hydrogen) atoms. The highest BCUT2D eigenvalue weighted by Crippen LogP contribution is 2.46. The van der Waals surface area contributed by atoms with E-state index in [-0.39, 0.29) is 6.09 Å². The third-order valence-electron chi connectivity index (χ3n) is 5.02. The summed E-state index contributed by atoms with van der Waals surface area (Å²) in [4.78, 5) is 26.0. The maximum absolute atomic E-state index is 12.3. The van der Waals surface area contributed by atoms with E-state index in [2.05, 4.69) is 0 Å². The van der Waals surface area contributed by atoms with Crippen LogP contribution in [0.1, 0.15) is 62.1 Å². The van der Waals surface area contributed by atoms with E-state index in [9.17, 15) is 14.7 Å². The summed E-state index contributed by atoms with van der Waals surface area (Å²) in [7, 11) is 1.32. The molecule has 0 bridgehead atoms. The standard InChI is InChI=1S/C20H27NO6/c1-19(2,3)27-18(24)21-10-8-20(9-11-21)12-15(22)13-6-5-7-14(16(13)26-20)17(23)25-4/h5-7,15,22H,8-12H2,1-4H3. The van der Waals surface area contributed by atoms with Gasteiger partial charge in [0.2, 0.25) is 0 Å². The molecule has 1 fully saturated rings. The molecule has 2 heterocycles. The fraction of sp³-hybridized carbons (Fsp3) is 0.600. The van der Waals surface area contributed by atoms with Crippen LogP contribution in [0.2, 0.25) is 0 Å². The minimum Gasteiger partial charge on any atom is -0.486 e. The van der Waals surface area contributed by atoms with E-state index in [4.69, 9.17) is 14.2 Å². The zero-order valence-electron chi connectivity index (χ0n) is 16.3. The number of para-hydroxylation sites is 1. The van der Waals surface area contributed by atoms with E-state index in [0.29, 0.717) is 49.2 Å². The van der Waals surface area contributed by atoms with Gasteiger partial charge in [0.1, 0.15) is 22.5 Å². The lowest BCUT2D eigenvalue weighted by atomic mass is 9.81. The molecule has 0 aliphatic carbocycles. The van der Waals surface area contributed by atoms with Crippen LogP contribution in [0.5, 0.6) is 5.75 Å². The first-order valence-electron chi connectivity index (χ1n) is 9.20. The molecule has 7 nitrogen and oxygen atoms in total. The van der Waals surface area contributed by atoms with Gasteiger partial charge in [-0.25, -0.2) is 9.59 Å². The number of fused-ring (bicyclic) bond motifs is 1. The van der Waals surface area contributed by atoms with Crippen molar-refractivity contribution < 1.29 is 28.9 Å². The topological polar surface area (TPSA) is 85.3 Å². The third-order valence-corrected chi connectivity index (χ3v) is 5.02. The number of rotatable bonds is 1. The van der Waals surface area contributed by atoms with E-state index in [1.54, 1.807) is 23.1 Å². The maximum Gasteiger partial charge on any atom is 0.410 e. The van der Waals surface area contributed by atoms with E-state index in [1.165, 1.54) is 7.11 Å². The Bertz CT molecular complexity index is 730. The van der Waals surface area contributed by atoms with Crippen molar-refractivity contribution in [3.05, 3.63) is 29.3 Å². The van der Waals surface area contributed by atoms with E-state index in [0.717, 1.165) is 0 Å². The van der Waals surface area contributed by atoms with Crippen molar-refractivity contribution in [3.8, 4) is 5.75 Å². The average molecular weight is 377 g/mol. The van der Waals surface area contributed by atoms with Crippen molar-refractivity contribution in [2.24, 2.45) is 0 Å². The molecule has 0 aromatic heterocycles. The smallest absolute Gasteiger partial charge is 0.410 e. The lowest BCUT2D eigenvalue weighted by Gasteiger charge is -2.46. The van der Waals surface area contributed by atoms with Crippen LogP contribution < -0.4 is 4.74 Å². The van der Waals surface area contributed by atoms with Gasteiger partial charge in [0.25, 0.3) is 0 Å². The van der Waals surface area contributed by atoms with Gasteiger partial charge in [-0.1, -0.05) is 12.1 Å². The second kappa shape index (κ2) is 7.03. The highest BCUT2D eigenvalue weighted by molar-refractivity contribution is 5.93. The molecule has 1 aromatic carbocycles. The number of aliphatic hydroxyl groups is 1. The van der Waals surface area contributed by atoms with Gasteiger partial charge in [-0.3, -0.25) is 0 Å². The summed E-state index contributed by atoms with van der Waals surface area (Å²) in [5.41, 5.74) is -0.256. The summed E-state index contributed by atoms with van der Waals surface area (Å²) in [6, 6.07) is 5.10. The molecule has 2 aliphatic heterocycles. The first kappa shape index (κ1) is 19.5. The lowest BCUT2D eigenvalue weighted by molar-refractivity contribution is -0.0574. The summed E-state index contributed by atoms with van der Waals surface area (Å²) in [6.07, 6.45) is 0.458. The molecule has 148 valence electrons. The number of hydrogen-bond donors (Lipinski definition) is 1. The Morgan fingerprint density at radius 3 is 2.52 bits per heavy atom. The van der Waals surface area contributed by atoms with Crippen molar-refractivity contribution in [1.82, 2.24) is 4.90 Å². The molecule has 1 amide bonds. The van der Waals surface area contributed by atoms with Crippen molar-refractivity contribution in [3.63, 3.8) is 0 Å². The van der Waals surface area contributed by atoms with Crippen LogP contribution in [-0.2, 0) is 9.47 Å². The minimum absolute atomic E-state index is 0.308. The number of piperidine rings is 1. The first-order valence-corrected chi connectivity index (χ1v) is 9.20. The molecule has 1 saturated heterocycles. The average Bonchev–Trinajstić information content (AvgIpc) is 2.59. The molecule has 1 unspecified atom stereocenters. The number of hydrogen-bond acceptors (Lipinski definition) is 6. The number of amides is 1. The number of carbonyl (C=O) groups excluding carboxylic acids is 2. The highest BCUT2D eigenvalue weighted by atomic mass is 16.6. The van der Waals surface area contributed by atoms with Gasteiger partial charge in [0, 0.05) is 37.9 Å². The number of esters is 1. The zero-order chi connectivity index (χ0) is 19.8. The molecule has 7 heteroatoms. The number of aliphatic hydroxyl groups excluding tert-OH is 1. The Morgan fingerprint density at radius 2 is 1.93 bits per heavy atom. The monoisotopic (exact) mass is 377 g/mol. The first-order chi connectivity index (χ1) is 12.6. The van der Waals surface area contributed by atoms with Crippen molar-refractivity contribution in [2.45, 2.75) is 57.3 Å². The fourth-order valence-corrected chi connectivity index (χ4v) is 3.65. The molecule has 1 spiro atoms. The van der Waals surface area contributed by atoms with Crippen LogP contribution >= 0.6 is 0 Å². The minimum atomic E-state index is -0.730. The Kier molecular flexibility index (Phi) is 5.08. The second-order valence-corrected chi connectivity index (χ2v) is 8.19. The molecule has 0 saturated carbocycles. The Morgan fingerprint density at radius 1 is 1.26 bits per heavy atom. The van der Waals surface area contributed by atoms with Gasteiger partial charge in [0.05, 0.1) is 13.2 Å². The van der Waals surface area contributed by atoms with Crippen LogP contribution in [0.4, 0.5) is 4.79 Å². The second-order valence-electron chi connectivity index (χ2n) is 8.19. The molecule has 1 atom stereocenters. The van der Waals surface area contributed by atoms with Gasteiger partial charge in [-0.15, -0.1) is 0 Å². The predicted molar refractivity (Wildman–Crippen MR) is 97.8 cm³/mol. The van der Waals surface area contributed by atoms with Crippen molar-refractivity contribution >= 4 is 12.1 Å². The predicted octanol–water partition coefficient (Wildman–Crippen LogP) is 3.06. The van der Waals surface area contributed by atoms with Crippen LogP contribution in [0.3, 0.4) is 0 Å². The summed E-state index contributed by atoms with van der Waals surface area (Å²) in [5.74, 6) is -0.115. The molecule has 1 N–H and O–H groups in total. The Labute approximate surface area is 159 Å². The normalized spacial score (nSPS) is 21.2. The van der Waals surface area contributed by atoms with Gasteiger partial charge in [0.15, 0.2) is 0 Å². The molecule has 1 aromatic rings. The summed E-state index contributed by atoms with van der Waals surface area (Å²) in [6.45, 7) is 6.45. The third kappa shape index (κ3) is 4.03. The van der Waals surface area contributed by atoms with Gasteiger partial charge in [-0.05, 0) is 26.8 Å². The fourth-order valence-electron chi connectivity index (χ4n) is 3.65. The van der Waals surface area contributed by atoms with E-state index < -0.39 is 23.3 Å². The maximum atomic E-state index is 12.3. The zero-order valence-corrected chi connectivity index (χ0v) is 16.3. The van der Waals surface area contributed by atoms with Gasteiger partial charge < -0.3 is 24.2 Å². The van der Waals surface area contributed by atoms with E-state index >= 15 is 0 Å². The Balaban J connectivity index is 1.77. The van der Waals surface area contributed by atoms with E-state index in [1.807, 2.05) is 20.8 Å². The highest BCUT2D eigenvalue weighted by Gasteiger charge is 2.45. The number of ether oxygens (including phenoxy) is 3.